The van der Waals surface area contributed by atoms with E-state index in [-0.39, 0.29) is 5.95 Å². The highest BCUT2D eigenvalue weighted by atomic mass is 15.0. The molecule has 0 amide bonds. The fourth-order valence-electron chi connectivity index (χ4n) is 2.37. The molecule has 0 unspecified atom stereocenters. The number of fused-ring (bicyclic) bond motifs is 1. The van der Waals surface area contributed by atoms with Crippen molar-refractivity contribution in [2.75, 3.05) is 11.5 Å². The Bertz CT molecular complexity index is 751. The van der Waals surface area contributed by atoms with Gasteiger partial charge in [-0.2, -0.15) is 4.98 Å². The van der Waals surface area contributed by atoms with E-state index in [1.807, 2.05) is 37.3 Å². The smallest absolute Gasteiger partial charge is 0.222 e. The van der Waals surface area contributed by atoms with E-state index in [1.54, 1.807) is 0 Å². The molecule has 0 saturated heterocycles. The van der Waals surface area contributed by atoms with Gasteiger partial charge in [-0.3, -0.25) is 0 Å². The largest absolute Gasteiger partial charge is 0.383 e. The van der Waals surface area contributed by atoms with E-state index in [0.29, 0.717) is 5.82 Å². The minimum absolute atomic E-state index is 0.205. The summed E-state index contributed by atoms with van der Waals surface area (Å²) in [6.07, 6.45) is 0. The van der Waals surface area contributed by atoms with Gasteiger partial charge in [0, 0.05) is 5.39 Å². The Morgan fingerprint density at radius 2 is 1.63 bits per heavy atom. The van der Waals surface area contributed by atoms with Gasteiger partial charge in [-0.05, 0) is 29.7 Å². The predicted molar refractivity (Wildman–Crippen MR) is 78.5 cm³/mol. The fourth-order valence-corrected chi connectivity index (χ4v) is 2.37. The highest BCUT2D eigenvalue weighted by Crippen LogP contribution is 2.31. The lowest BCUT2D eigenvalue weighted by atomic mass is 9.97. The van der Waals surface area contributed by atoms with Crippen LogP contribution >= 0.6 is 0 Å². The molecular weight excluding hydrogens is 236 g/mol. The predicted octanol–water partition coefficient (Wildman–Crippen LogP) is 2.77. The van der Waals surface area contributed by atoms with Crippen LogP contribution in [0.15, 0.2) is 42.5 Å². The summed E-state index contributed by atoms with van der Waals surface area (Å²) in [7, 11) is 0. The van der Waals surface area contributed by atoms with Gasteiger partial charge in [-0.15, -0.1) is 0 Å². The normalized spacial score (nSPS) is 10.8. The molecule has 0 saturated carbocycles. The van der Waals surface area contributed by atoms with Crippen LogP contribution < -0.4 is 11.5 Å². The summed E-state index contributed by atoms with van der Waals surface area (Å²) < 4.78 is 0. The molecule has 0 radical (unpaired) electrons. The monoisotopic (exact) mass is 250 g/mol. The van der Waals surface area contributed by atoms with Crippen molar-refractivity contribution in [1.82, 2.24) is 9.97 Å². The van der Waals surface area contributed by atoms with Crippen LogP contribution in [0, 0.1) is 6.92 Å². The van der Waals surface area contributed by atoms with Gasteiger partial charge >= 0.3 is 0 Å². The molecule has 1 aromatic heterocycles. The number of hydrogen-bond donors (Lipinski definition) is 2. The number of nitrogens with two attached hydrogens (primary N) is 2. The van der Waals surface area contributed by atoms with Crippen molar-refractivity contribution in [3.63, 3.8) is 0 Å². The number of anilines is 2. The quantitative estimate of drug-likeness (QED) is 0.696. The Labute approximate surface area is 111 Å². The van der Waals surface area contributed by atoms with Crippen molar-refractivity contribution in [2.45, 2.75) is 6.92 Å². The maximum absolute atomic E-state index is 5.97. The number of aromatic nitrogens is 2. The third kappa shape index (κ3) is 1.87. The van der Waals surface area contributed by atoms with E-state index >= 15 is 0 Å². The standard InChI is InChI=1S/C15H14N4/c1-9-11(10-5-3-2-4-6-10)7-8-12-13(9)14(16)19-15(17)18-12/h2-8H,1H3,(H4,16,17,18,19). The molecule has 0 fully saturated rings. The Kier molecular flexibility index (Phi) is 2.56. The van der Waals surface area contributed by atoms with E-state index in [4.69, 9.17) is 11.5 Å². The zero-order chi connectivity index (χ0) is 13.4. The van der Waals surface area contributed by atoms with Crippen LogP contribution in [0.2, 0.25) is 0 Å². The summed E-state index contributed by atoms with van der Waals surface area (Å²) in [6, 6.07) is 14.1. The maximum Gasteiger partial charge on any atom is 0.222 e. The molecule has 3 rings (SSSR count). The summed E-state index contributed by atoms with van der Waals surface area (Å²) in [5.74, 6) is 0.634. The van der Waals surface area contributed by atoms with E-state index in [2.05, 4.69) is 22.1 Å². The van der Waals surface area contributed by atoms with Crippen LogP contribution in [-0.4, -0.2) is 9.97 Å². The Morgan fingerprint density at radius 3 is 2.37 bits per heavy atom. The van der Waals surface area contributed by atoms with E-state index in [0.717, 1.165) is 27.6 Å². The van der Waals surface area contributed by atoms with Crippen molar-refractivity contribution in [2.24, 2.45) is 0 Å². The molecule has 0 aliphatic heterocycles. The molecule has 4 N–H and O–H groups in total. The van der Waals surface area contributed by atoms with Gasteiger partial charge in [-0.1, -0.05) is 36.4 Å². The van der Waals surface area contributed by atoms with Crippen LogP contribution in [0.4, 0.5) is 11.8 Å². The van der Waals surface area contributed by atoms with Crippen molar-refractivity contribution in [3.05, 3.63) is 48.0 Å². The SMILES string of the molecule is Cc1c(-c2ccccc2)ccc2nc(N)nc(N)c12. The lowest BCUT2D eigenvalue weighted by molar-refractivity contribution is 1.24. The maximum atomic E-state index is 5.97. The second-order valence-corrected chi connectivity index (χ2v) is 4.47. The minimum Gasteiger partial charge on any atom is -0.383 e. The van der Waals surface area contributed by atoms with E-state index in [1.165, 1.54) is 0 Å². The molecule has 3 aromatic rings. The van der Waals surface area contributed by atoms with Crippen LogP contribution in [0.5, 0.6) is 0 Å². The van der Waals surface area contributed by atoms with Gasteiger partial charge in [0.1, 0.15) is 5.82 Å². The summed E-state index contributed by atoms with van der Waals surface area (Å²) in [5, 5.41) is 0.871. The van der Waals surface area contributed by atoms with Crippen molar-refractivity contribution >= 4 is 22.7 Å². The summed E-state index contributed by atoms with van der Waals surface area (Å²) in [6.45, 7) is 2.03. The van der Waals surface area contributed by atoms with Gasteiger partial charge in [-0.25, -0.2) is 4.98 Å². The first-order valence-corrected chi connectivity index (χ1v) is 6.04. The van der Waals surface area contributed by atoms with E-state index < -0.39 is 0 Å². The van der Waals surface area contributed by atoms with Gasteiger partial charge in [0.05, 0.1) is 5.52 Å². The Balaban J connectivity index is 2.33. The van der Waals surface area contributed by atoms with Gasteiger partial charge in [0.15, 0.2) is 0 Å². The molecule has 0 atom stereocenters. The molecule has 19 heavy (non-hydrogen) atoms. The van der Waals surface area contributed by atoms with Crippen molar-refractivity contribution in [1.29, 1.82) is 0 Å². The Hall–Kier alpha value is -2.62. The van der Waals surface area contributed by atoms with Gasteiger partial charge in [0.25, 0.3) is 0 Å². The third-order valence-corrected chi connectivity index (χ3v) is 3.25. The molecule has 94 valence electrons. The van der Waals surface area contributed by atoms with Gasteiger partial charge in [0.2, 0.25) is 5.95 Å². The fraction of sp³-hybridized carbons (Fsp3) is 0.0667. The lowest BCUT2D eigenvalue weighted by Gasteiger charge is -2.11. The zero-order valence-electron chi connectivity index (χ0n) is 10.6. The zero-order valence-corrected chi connectivity index (χ0v) is 10.6. The average molecular weight is 250 g/mol. The highest BCUT2D eigenvalue weighted by molar-refractivity contribution is 5.96. The first-order chi connectivity index (χ1) is 9.16. The minimum atomic E-state index is 0.205. The number of aryl methyl sites for hydroxylation is 1. The average Bonchev–Trinajstić information content (AvgIpc) is 2.39. The Morgan fingerprint density at radius 1 is 0.895 bits per heavy atom. The first kappa shape index (κ1) is 11.5. The number of hydrogen-bond acceptors (Lipinski definition) is 4. The number of benzene rings is 2. The second-order valence-electron chi connectivity index (χ2n) is 4.47. The molecule has 0 bridgehead atoms. The molecule has 4 heteroatoms. The number of nitrogen functional groups attached to an aromatic ring is 2. The first-order valence-electron chi connectivity index (χ1n) is 6.04. The topological polar surface area (TPSA) is 77.8 Å². The summed E-state index contributed by atoms with van der Waals surface area (Å²) in [4.78, 5) is 8.26. The van der Waals surface area contributed by atoms with E-state index in [9.17, 15) is 0 Å². The molecular formula is C15H14N4. The summed E-state index contributed by atoms with van der Waals surface area (Å²) >= 11 is 0. The highest BCUT2D eigenvalue weighted by Gasteiger charge is 2.10. The molecule has 2 aromatic carbocycles. The molecule has 0 spiro atoms. The third-order valence-electron chi connectivity index (χ3n) is 3.25. The molecule has 1 heterocycles. The van der Waals surface area contributed by atoms with Crippen LogP contribution in [0.1, 0.15) is 5.56 Å². The second kappa shape index (κ2) is 4.24. The van der Waals surface area contributed by atoms with Gasteiger partial charge < -0.3 is 11.5 Å². The number of rotatable bonds is 1. The number of nitrogens with zero attached hydrogens (tertiary/aromatic N) is 2. The molecule has 0 aliphatic rings. The molecule has 0 aliphatic carbocycles. The van der Waals surface area contributed by atoms with Crippen LogP contribution in [0.3, 0.4) is 0 Å². The van der Waals surface area contributed by atoms with Crippen LogP contribution in [0.25, 0.3) is 22.0 Å². The van der Waals surface area contributed by atoms with Crippen molar-refractivity contribution in [3.8, 4) is 11.1 Å². The lowest BCUT2D eigenvalue weighted by Crippen LogP contribution is -2.02. The molecule has 4 nitrogen and oxygen atoms in total. The van der Waals surface area contributed by atoms with Crippen LogP contribution in [-0.2, 0) is 0 Å². The van der Waals surface area contributed by atoms with Crippen molar-refractivity contribution < 1.29 is 0 Å². The summed E-state index contributed by atoms with van der Waals surface area (Å²) in [5.41, 5.74) is 15.7.